The average Bonchev–Trinajstić information content (AvgIpc) is 3.61. The molecule has 2 aromatic carbocycles. The van der Waals surface area contributed by atoms with Gasteiger partial charge in [0.05, 0.1) is 17.2 Å². The highest BCUT2D eigenvalue weighted by Crippen LogP contribution is 2.41. The lowest BCUT2D eigenvalue weighted by atomic mass is 10.0. The Morgan fingerprint density at radius 2 is 1.60 bits per heavy atom. The van der Waals surface area contributed by atoms with Crippen LogP contribution >= 0.6 is 11.3 Å². The predicted molar refractivity (Wildman–Crippen MR) is 129 cm³/mol. The van der Waals surface area contributed by atoms with Gasteiger partial charge in [0.1, 0.15) is 11.6 Å². The molecule has 4 heterocycles. The molecule has 1 aliphatic rings. The van der Waals surface area contributed by atoms with Crippen molar-refractivity contribution >= 4 is 22.0 Å². The van der Waals surface area contributed by atoms with Gasteiger partial charge in [0, 0.05) is 31.9 Å². The van der Waals surface area contributed by atoms with Crippen molar-refractivity contribution < 1.29 is 18.3 Å². The Hall–Kier alpha value is -3.76. The molecule has 0 aliphatic carbocycles. The van der Waals surface area contributed by atoms with E-state index in [1.165, 1.54) is 40.1 Å². The molecule has 10 heteroatoms. The third-order valence-electron chi connectivity index (χ3n) is 6.25. The van der Waals surface area contributed by atoms with E-state index >= 15 is 0 Å². The Balaban J connectivity index is 1.33. The maximum Gasteiger partial charge on any atom is 0.230 e. The third kappa shape index (κ3) is 4.04. The summed E-state index contributed by atoms with van der Waals surface area (Å²) in [6.45, 7) is 2.86. The fraction of sp³-hybridized carbons (Fsp3) is 0.200. The van der Waals surface area contributed by atoms with Crippen molar-refractivity contribution in [2.24, 2.45) is 0 Å². The van der Waals surface area contributed by atoms with Gasteiger partial charge in [-0.05, 0) is 54.1 Å². The Kier molecular flexibility index (Phi) is 5.46. The van der Waals surface area contributed by atoms with E-state index in [9.17, 15) is 13.9 Å². The number of benzene rings is 2. The van der Waals surface area contributed by atoms with Gasteiger partial charge in [-0.25, -0.2) is 8.78 Å². The molecule has 1 atom stereocenters. The summed E-state index contributed by atoms with van der Waals surface area (Å²) in [5.74, 6) is 0.350. The Labute approximate surface area is 203 Å². The number of fused-ring (bicyclic) bond motifs is 1. The minimum Gasteiger partial charge on any atom is -0.492 e. The van der Waals surface area contributed by atoms with Crippen molar-refractivity contribution in [2.45, 2.75) is 6.04 Å². The molecule has 0 spiro atoms. The van der Waals surface area contributed by atoms with Crippen LogP contribution in [0.5, 0.6) is 5.88 Å². The highest BCUT2D eigenvalue weighted by molar-refractivity contribution is 7.17. The number of hydrogen-bond acceptors (Lipinski definition) is 7. The summed E-state index contributed by atoms with van der Waals surface area (Å²) in [5, 5.41) is 15.6. The number of aromatic nitrogens is 3. The topological polar surface area (TPSA) is 70.0 Å². The Morgan fingerprint density at radius 3 is 2.23 bits per heavy atom. The van der Waals surface area contributed by atoms with Gasteiger partial charge in [-0.15, -0.1) is 5.10 Å². The van der Waals surface area contributed by atoms with E-state index < -0.39 is 0 Å². The number of thiazole rings is 1. The average molecular weight is 494 g/mol. The van der Waals surface area contributed by atoms with Crippen LogP contribution in [0.1, 0.15) is 16.5 Å². The van der Waals surface area contributed by atoms with Crippen LogP contribution in [-0.2, 0) is 0 Å². The molecule has 0 bridgehead atoms. The summed E-state index contributed by atoms with van der Waals surface area (Å²) >= 11 is 1.35. The molecule has 6 rings (SSSR count). The zero-order valence-electron chi connectivity index (χ0n) is 18.5. The van der Waals surface area contributed by atoms with Crippen LogP contribution in [0, 0.1) is 11.6 Å². The number of halogens is 2. The lowest BCUT2D eigenvalue weighted by Gasteiger charge is -2.40. The minimum atomic E-state index is -0.316. The van der Waals surface area contributed by atoms with Gasteiger partial charge < -0.3 is 14.4 Å². The molecule has 1 fully saturated rings. The molecule has 1 N–H and O–H groups in total. The first-order valence-corrected chi connectivity index (χ1v) is 12.0. The summed E-state index contributed by atoms with van der Waals surface area (Å²) in [7, 11) is 0. The number of aromatic hydroxyl groups is 1. The first-order valence-electron chi connectivity index (χ1n) is 11.2. The summed E-state index contributed by atoms with van der Waals surface area (Å²) < 4.78 is 33.8. The second-order valence-corrected chi connectivity index (χ2v) is 9.36. The van der Waals surface area contributed by atoms with Gasteiger partial charge in [0.25, 0.3) is 0 Å². The van der Waals surface area contributed by atoms with Gasteiger partial charge in [-0.1, -0.05) is 23.5 Å². The van der Waals surface area contributed by atoms with E-state index in [2.05, 4.69) is 19.9 Å². The summed E-state index contributed by atoms with van der Waals surface area (Å²) in [5.41, 5.74) is 1.84. The van der Waals surface area contributed by atoms with Gasteiger partial charge in [0.15, 0.2) is 5.76 Å². The van der Waals surface area contributed by atoms with E-state index in [0.717, 1.165) is 24.3 Å². The van der Waals surface area contributed by atoms with Crippen LogP contribution in [0.25, 0.3) is 16.5 Å². The fourth-order valence-corrected chi connectivity index (χ4v) is 5.62. The molecule has 0 unspecified atom stereocenters. The lowest BCUT2D eigenvalue weighted by molar-refractivity contribution is 0.211. The molecule has 1 saturated heterocycles. The van der Waals surface area contributed by atoms with E-state index in [-0.39, 0.29) is 23.6 Å². The highest BCUT2D eigenvalue weighted by Gasteiger charge is 2.32. The number of hydrogen-bond donors (Lipinski definition) is 1. The number of rotatable bonds is 5. The first kappa shape index (κ1) is 21.8. The van der Waals surface area contributed by atoms with Crippen LogP contribution in [0.4, 0.5) is 14.5 Å². The molecule has 0 radical (unpaired) electrons. The summed E-state index contributed by atoms with van der Waals surface area (Å²) in [4.78, 5) is 10.2. The van der Waals surface area contributed by atoms with Crippen LogP contribution in [0.2, 0.25) is 0 Å². The van der Waals surface area contributed by atoms with Gasteiger partial charge in [-0.3, -0.25) is 4.90 Å². The van der Waals surface area contributed by atoms with Crippen molar-refractivity contribution in [2.75, 3.05) is 31.1 Å². The minimum absolute atomic E-state index is 0.00518. The number of anilines is 1. The molecule has 7 nitrogen and oxygen atoms in total. The molecule has 35 heavy (non-hydrogen) atoms. The molecular formula is C25H21F2N5O2S. The van der Waals surface area contributed by atoms with Crippen LogP contribution in [0.3, 0.4) is 0 Å². The van der Waals surface area contributed by atoms with Crippen molar-refractivity contribution in [1.82, 2.24) is 19.5 Å². The maximum absolute atomic E-state index is 13.7. The zero-order chi connectivity index (χ0) is 23.9. The van der Waals surface area contributed by atoms with Crippen molar-refractivity contribution in [3.05, 3.63) is 89.0 Å². The highest BCUT2D eigenvalue weighted by atomic mass is 32.1. The maximum atomic E-state index is 13.7. The van der Waals surface area contributed by atoms with Crippen LogP contribution < -0.4 is 4.90 Å². The van der Waals surface area contributed by atoms with Crippen molar-refractivity contribution in [3.8, 4) is 17.5 Å². The second kappa shape index (κ2) is 8.79. The van der Waals surface area contributed by atoms with Gasteiger partial charge in [0.2, 0.25) is 16.7 Å². The molecule has 0 saturated carbocycles. The molecule has 178 valence electrons. The number of furan rings is 1. The molecule has 3 aromatic heterocycles. The smallest absolute Gasteiger partial charge is 0.230 e. The molecular weight excluding hydrogens is 472 g/mol. The summed E-state index contributed by atoms with van der Waals surface area (Å²) in [6, 6.07) is 16.1. The van der Waals surface area contributed by atoms with E-state index in [0.29, 0.717) is 34.5 Å². The third-order valence-corrected chi connectivity index (χ3v) is 7.32. The van der Waals surface area contributed by atoms with E-state index in [1.807, 2.05) is 0 Å². The van der Waals surface area contributed by atoms with Crippen LogP contribution in [-0.4, -0.2) is 50.8 Å². The van der Waals surface area contributed by atoms with Crippen molar-refractivity contribution in [3.63, 3.8) is 0 Å². The number of piperazine rings is 1. The van der Waals surface area contributed by atoms with Gasteiger partial charge >= 0.3 is 0 Å². The Bertz CT molecular complexity index is 1440. The lowest BCUT2D eigenvalue weighted by Crippen LogP contribution is -2.47. The van der Waals surface area contributed by atoms with E-state index in [1.54, 1.807) is 42.7 Å². The normalized spacial score (nSPS) is 15.7. The second-order valence-electron chi connectivity index (χ2n) is 8.35. The van der Waals surface area contributed by atoms with Crippen LogP contribution in [0.15, 0.2) is 71.3 Å². The first-order chi connectivity index (χ1) is 17.1. The van der Waals surface area contributed by atoms with Gasteiger partial charge in [-0.2, -0.15) is 9.50 Å². The monoisotopic (exact) mass is 493 g/mol. The zero-order valence-corrected chi connectivity index (χ0v) is 19.3. The van der Waals surface area contributed by atoms with E-state index in [4.69, 9.17) is 4.42 Å². The molecule has 5 aromatic rings. The largest absolute Gasteiger partial charge is 0.492 e. The van der Waals surface area contributed by atoms with Crippen molar-refractivity contribution in [1.29, 1.82) is 0 Å². The molecule has 0 amide bonds. The molecule has 1 aliphatic heterocycles. The fourth-order valence-electron chi connectivity index (χ4n) is 4.50. The SMILES string of the molecule is Oc1c([C@H](c2ccc(F)cc2)N2CCN(c3ccc(F)cc3)CC2)sc2nc(-c3ccco3)nn12. The predicted octanol–water partition coefficient (Wildman–Crippen LogP) is 4.95. The Morgan fingerprint density at radius 1 is 0.914 bits per heavy atom. The standard InChI is InChI=1S/C25H21F2N5O2S/c26-17-5-3-16(4-6-17)21(31-13-11-30(12-14-31)19-9-7-18(27)8-10-19)22-24(33)32-25(35-22)28-23(29-32)20-2-1-15-34-20/h1-10,15,21,33H,11-14H2/t21-/m0/s1. The summed E-state index contributed by atoms with van der Waals surface area (Å²) in [6.07, 6.45) is 1.55. The number of nitrogens with zero attached hydrogens (tertiary/aromatic N) is 5. The quantitative estimate of drug-likeness (QED) is 0.374.